The first-order valence-electron chi connectivity index (χ1n) is 3.97. The van der Waals surface area contributed by atoms with Crippen molar-refractivity contribution in [2.45, 2.75) is 6.42 Å². The third-order valence-corrected chi connectivity index (χ3v) is 2.33. The summed E-state index contributed by atoms with van der Waals surface area (Å²) in [5.41, 5.74) is 0.296. The average molecular weight is 277 g/mol. The van der Waals surface area contributed by atoms with Crippen LogP contribution in [-0.4, -0.2) is 6.54 Å². The van der Waals surface area contributed by atoms with Gasteiger partial charge < -0.3 is 5.32 Å². The molecule has 0 unspecified atom stereocenters. The van der Waals surface area contributed by atoms with Gasteiger partial charge in [0.15, 0.2) is 0 Å². The highest BCUT2D eigenvalue weighted by molar-refractivity contribution is 9.10. The molecule has 0 amide bonds. The minimum Gasteiger partial charge on any atom is -0.381 e. The van der Waals surface area contributed by atoms with E-state index in [9.17, 15) is 4.39 Å². The summed E-state index contributed by atoms with van der Waals surface area (Å²) in [6, 6.07) is 2.98. The van der Waals surface area contributed by atoms with Crippen molar-refractivity contribution < 1.29 is 4.39 Å². The van der Waals surface area contributed by atoms with E-state index in [0.717, 1.165) is 0 Å². The molecular weight excluding hydrogens is 268 g/mol. The van der Waals surface area contributed by atoms with Crippen LogP contribution in [0.15, 0.2) is 16.6 Å². The van der Waals surface area contributed by atoms with Crippen LogP contribution in [0.3, 0.4) is 0 Å². The van der Waals surface area contributed by atoms with Crippen LogP contribution in [0.5, 0.6) is 0 Å². The number of benzene rings is 1. The lowest BCUT2D eigenvalue weighted by Crippen LogP contribution is -2.03. The second-order valence-corrected chi connectivity index (χ2v) is 3.95. The van der Waals surface area contributed by atoms with Gasteiger partial charge in [-0.2, -0.15) is 0 Å². The van der Waals surface area contributed by atoms with E-state index in [4.69, 9.17) is 18.0 Å². The third-order valence-electron chi connectivity index (χ3n) is 1.58. The van der Waals surface area contributed by atoms with Gasteiger partial charge in [-0.1, -0.05) is 27.5 Å². The van der Waals surface area contributed by atoms with E-state index in [2.05, 4.69) is 27.2 Å². The molecule has 1 nitrogen and oxygen atoms in total. The summed E-state index contributed by atoms with van der Waals surface area (Å²) in [5, 5.41) is 3.18. The molecule has 4 heteroatoms. The predicted molar refractivity (Wildman–Crippen MR) is 61.0 cm³/mol. The molecule has 0 aliphatic carbocycles. The molecular formula is C10H8BrClFN. The predicted octanol–water partition coefficient (Wildman–Crippen LogP) is 3.68. The van der Waals surface area contributed by atoms with Gasteiger partial charge in [0, 0.05) is 17.4 Å². The van der Waals surface area contributed by atoms with E-state index in [-0.39, 0.29) is 5.82 Å². The van der Waals surface area contributed by atoms with E-state index in [1.807, 2.05) is 0 Å². The van der Waals surface area contributed by atoms with Crippen molar-refractivity contribution in [1.82, 2.24) is 0 Å². The Balaban J connectivity index is 2.81. The molecule has 0 radical (unpaired) electrons. The summed E-state index contributed by atoms with van der Waals surface area (Å²) in [7, 11) is 0. The van der Waals surface area contributed by atoms with Gasteiger partial charge in [0.1, 0.15) is 5.82 Å². The van der Waals surface area contributed by atoms with Crippen LogP contribution in [0.4, 0.5) is 10.1 Å². The fraction of sp³-hybridized carbons (Fsp3) is 0.200. The minimum atomic E-state index is -0.388. The van der Waals surface area contributed by atoms with Gasteiger partial charge in [0.2, 0.25) is 0 Å². The molecule has 0 bridgehead atoms. The van der Waals surface area contributed by atoms with Gasteiger partial charge >= 0.3 is 0 Å². The highest BCUT2D eigenvalue weighted by atomic mass is 79.9. The molecule has 1 rings (SSSR count). The Kier molecular flexibility index (Phi) is 4.24. The van der Waals surface area contributed by atoms with E-state index < -0.39 is 0 Å². The minimum absolute atomic E-state index is 0.296. The molecule has 0 spiro atoms. The maximum Gasteiger partial charge on any atom is 0.148 e. The van der Waals surface area contributed by atoms with Crippen molar-refractivity contribution in [3.8, 4) is 12.3 Å². The van der Waals surface area contributed by atoms with E-state index in [1.54, 1.807) is 6.07 Å². The van der Waals surface area contributed by atoms with Crippen LogP contribution in [0, 0.1) is 18.2 Å². The number of anilines is 1. The molecule has 0 fully saturated rings. The van der Waals surface area contributed by atoms with Gasteiger partial charge in [-0.05, 0) is 12.1 Å². The molecule has 0 aromatic heterocycles. The quantitative estimate of drug-likeness (QED) is 0.656. The molecule has 0 heterocycles. The van der Waals surface area contributed by atoms with Crippen molar-refractivity contribution in [3.05, 3.63) is 27.4 Å². The number of nitrogens with one attached hydrogen (secondary N) is 1. The van der Waals surface area contributed by atoms with E-state index in [1.165, 1.54) is 6.07 Å². The molecule has 1 aromatic carbocycles. The molecule has 1 aromatic rings. The van der Waals surface area contributed by atoms with E-state index in [0.29, 0.717) is 28.1 Å². The summed E-state index contributed by atoms with van der Waals surface area (Å²) in [6.45, 7) is 0.509. The molecule has 0 saturated heterocycles. The summed E-state index contributed by atoms with van der Waals surface area (Å²) in [5.74, 6) is 2.06. The van der Waals surface area contributed by atoms with Crippen LogP contribution >= 0.6 is 27.5 Å². The highest BCUT2D eigenvalue weighted by Crippen LogP contribution is 2.28. The van der Waals surface area contributed by atoms with Crippen molar-refractivity contribution in [2.24, 2.45) is 0 Å². The second kappa shape index (κ2) is 5.23. The zero-order chi connectivity index (χ0) is 10.6. The first kappa shape index (κ1) is 11.4. The Morgan fingerprint density at radius 3 is 2.86 bits per heavy atom. The van der Waals surface area contributed by atoms with Crippen molar-refractivity contribution >= 4 is 33.2 Å². The largest absolute Gasteiger partial charge is 0.381 e. The first-order chi connectivity index (χ1) is 6.65. The average Bonchev–Trinajstić information content (AvgIpc) is 2.09. The van der Waals surface area contributed by atoms with Gasteiger partial charge in [0.05, 0.1) is 10.7 Å². The fourth-order valence-electron chi connectivity index (χ4n) is 0.971. The Hall–Kier alpha value is -0.720. The lowest BCUT2D eigenvalue weighted by molar-refractivity contribution is 0.629. The van der Waals surface area contributed by atoms with Crippen LogP contribution < -0.4 is 5.32 Å². The lowest BCUT2D eigenvalue weighted by atomic mass is 10.3. The monoisotopic (exact) mass is 275 g/mol. The molecule has 74 valence electrons. The van der Waals surface area contributed by atoms with Crippen LogP contribution in [0.1, 0.15) is 6.42 Å². The summed E-state index contributed by atoms with van der Waals surface area (Å²) in [6.07, 6.45) is 5.60. The van der Waals surface area contributed by atoms with Crippen molar-refractivity contribution in [1.29, 1.82) is 0 Å². The number of halogens is 3. The van der Waals surface area contributed by atoms with E-state index >= 15 is 0 Å². The van der Waals surface area contributed by atoms with Crippen molar-refractivity contribution in [2.75, 3.05) is 11.9 Å². The topological polar surface area (TPSA) is 12.0 Å². The van der Waals surface area contributed by atoms with Crippen LogP contribution in [-0.2, 0) is 0 Å². The fourth-order valence-corrected chi connectivity index (χ4v) is 1.81. The SMILES string of the molecule is C#CCCNc1c(F)cc(Br)cc1Cl. The molecule has 14 heavy (non-hydrogen) atoms. The number of hydrogen-bond donors (Lipinski definition) is 1. The second-order valence-electron chi connectivity index (χ2n) is 2.63. The Morgan fingerprint density at radius 2 is 2.29 bits per heavy atom. The molecule has 0 aliphatic rings. The third kappa shape index (κ3) is 2.90. The lowest BCUT2D eigenvalue weighted by Gasteiger charge is -2.08. The number of rotatable bonds is 3. The smallest absolute Gasteiger partial charge is 0.148 e. The van der Waals surface area contributed by atoms with Crippen LogP contribution in [0.25, 0.3) is 0 Å². The van der Waals surface area contributed by atoms with Gasteiger partial charge in [-0.25, -0.2) is 4.39 Å². The van der Waals surface area contributed by atoms with Gasteiger partial charge in [0.25, 0.3) is 0 Å². The highest BCUT2D eigenvalue weighted by Gasteiger charge is 2.07. The standard InChI is InChI=1S/C10H8BrClFN/c1-2-3-4-14-10-8(12)5-7(11)6-9(10)13/h1,5-6,14H,3-4H2. The van der Waals surface area contributed by atoms with Gasteiger partial charge in [-0.15, -0.1) is 12.3 Å². The zero-order valence-corrected chi connectivity index (χ0v) is 9.62. The van der Waals surface area contributed by atoms with Crippen LogP contribution in [0.2, 0.25) is 5.02 Å². The number of hydrogen-bond acceptors (Lipinski definition) is 1. The number of terminal acetylenes is 1. The molecule has 0 saturated carbocycles. The van der Waals surface area contributed by atoms with Crippen molar-refractivity contribution in [3.63, 3.8) is 0 Å². The summed E-state index contributed by atoms with van der Waals surface area (Å²) in [4.78, 5) is 0. The Bertz CT molecular complexity index is 350. The normalized spacial score (nSPS) is 9.57. The molecule has 0 atom stereocenters. The Labute approximate surface area is 95.8 Å². The summed E-state index contributed by atoms with van der Waals surface area (Å²) >= 11 is 8.97. The zero-order valence-electron chi connectivity index (χ0n) is 7.28. The maximum absolute atomic E-state index is 13.3. The molecule has 0 aliphatic heterocycles. The van der Waals surface area contributed by atoms with Gasteiger partial charge in [-0.3, -0.25) is 0 Å². The Morgan fingerprint density at radius 1 is 1.57 bits per heavy atom. The maximum atomic E-state index is 13.3. The summed E-state index contributed by atoms with van der Waals surface area (Å²) < 4.78 is 13.9. The molecule has 1 N–H and O–H groups in total. The first-order valence-corrected chi connectivity index (χ1v) is 5.14.